The monoisotopic (exact) mass is 346 g/mol. The van der Waals surface area contributed by atoms with Crippen LogP contribution in [0.4, 0.5) is 8.78 Å². The van der Waals surface area contributed by atoms with Crippen LogP contribution in [0.25, 0.3) is 0 Å². The Bertz CT molecular complexity index is 577. The summed E-state index contributed by atoms with van der Waals surface area (Å²) in [5.41, 5.74) is 0.306. The maximum absolute atomic E-state index is 12.6. The Kier molecular flexibility index (Phi) is 5.67. The van der Waals surface area contributed by atoms with Crippen molar-refractivity contribution in [2.45, 2.75) is 38.0 Å². The van der Waals surface area contributed by atoms with Crippen molar-refractivity contribution in [2.75, 3.05) is 18.8 Å². The van der Waals surface area contributed by atoms with Gasteiger partial charge in [-0.25, -0.2) is 4.98 Å². The highest BCUT2D eigenvalue weighted by atomic mass is 32.2. The highest BCUT2D eigenvalue weighted by Gasteiger charge is 2.40. The van der Waals surface area contributed by atoms with Crippen LogP contribution in [0, 0.1) is 0 Å². The molecule has 8 heteroatoms. The summed E-state index contributed by atoms with van der Waals surface area (Å²) < 4.78 is 40.3. The van der Waals surface area contributed by atoms with Gasteiger partial charge >= 0.3 is 6.61 Å². The van der Waals surface area contributed by atoms with Gasteiger partial charge < -0.3 is 9.64 Å². The van der Waals surface area contributed by atoms with Crippen LogP contribution in [0.2, 0.25) is 0 Å². The van der Waals surface area contributed by atoms with Crippen molar-refractivity contribution in [2.24, 2.45) is 0 Å². The van der Waals surface area contributed by atoms with Gasteiger partial charge in [0.25, 0.3) is 5.91 Å². The summed E-state index contributed by atoms with van der Waals surface area (Å²) in [5, 5.41) is 0. The van der Waals surface area contributed by atoms with Crippen molar-refractivity contribution in [1.29, 1.82) is 0 Å². The molecule has 128 valence electrons. The van der Waals surface area contributed by atoms with Crippen LogP contribution >= 0.6 is 0 Å². The molecule has 1 atom stereocenters. The lowest BCUT2D eigenvalue weighted by atomic mass is 10.0. The second-order valence-corrected chi connectivity index (χ2v) is 7.40. The van der Waals surface area contributed by atoms with Crippen LogP contribution in [0.15, 0.2) is 18.3 Å². The van der Waals surface area contributed by atoms with Crippen molar-refractivity contribution < 1.29 is 22.5 Å². The SMILES string of the molecule is CCC1(CC)CN(C(=O)c2ccc(OC(F)F)nc2)CCS1=O. The molecule has 1 aliphatic rings. The van der Waals surface area contributed by atoms with Gasteiger partial charge in [-0.1, -0.05) is 13.8 Å². The molecule has 0 saturated carbocycles. The number of carbonyl (C=O) groups excluding carboxylic acids is 1. The molecule has 1 unspecified atom stereocenters. The van der Waals surface area contributed by atoms with E-state index in [0.717, 1.165) is 12.8 Å². The smallest absolute Gasteiger partial charge is 0.388 e. The Morgan fingerprint density at radius 2 is 2.13 bits per heavy atom. The van der Waals surface area contributed by atoms with Crippen molar-refractivity contribution in [3.63, 3.8) is 0 Å². The van der Waals surface area contributed by atoms with Crippen LogP contribution < -0.4 is 4.74 Å². The molecule has 0 aliphatic carbocycles. The van der Waals surface area contributed by atoms with Crippen molar-refractivity contribution in [3.8, 4) is 5.88 Å². The highest BCUT2D eigenvalue weighted by Crippen LogP contribution is 2.29. The summed E-state index contributed by atoms with van der Waals surface area (Å²) in [6.07, 6.45) is 2.70. The molecular weight excluding hydrogens is 326 g/mol. The average Bonchev–Trinajstić information content (AvgIpc) is 2.55. The fourth-order valence-corrected chi connectivity index (χ4v) is 4.49. The molecule has 1 fully saturated rings. The van der Waals surface area contributed by atoms with E-state index < -0.39 is 17.4 Å². The minimum atomic E-state index is -2.95. The molecule has 5 nitrogen and oxygen atoms in total. The summed E-state index contributed by atoms with van der Waals surface area (Å²) in [6, 6.07) is 2.66. The predicted molar refractivity (Wildman–Crippen MR) is 83.1 cm³/mol. The van der Waals surface area contributed by atoms with Crippen molar-refractivity contribution in [3.05, 3.63) is 23.9 Å². The molecule has 23 heavy (non-hydrogen) atoms. The van der Waals surface area contributed by atoms with Gasteiger partial charge in [0.15, 0.2) is 0 Å². The summed E-state index contributed by atoms with van der Waals surface area (Å²) in [4.78, 5) is 17.9. The molecule has 2 rings (SSSR count). The van der Waals surface area contributed by atoms with E-state index in [2.05, 4.69) is 9.72 Å². The number of halogens is 2. The van der Waals surface area contributed by atoms with E-state index in [4.69, 9.17) is 0 Å². The van der Waals surface area contributed by atoms with Gasteiger partial charge in [-0.05, 0) is 18.9 Å². The van der Waals surface area contributed by atoms with Crippen molar-refractivity contribution in [1.82, 2.24) is 9.88 Å². The summed E-state index contributed by atoms with van der Waals surface area (Å²) in [7, 11) is -0.954. The Hall–Kier alpha value is -1.57. The van der Waals surface area contributed by atoms with Gasteiger partial charge in [0.2, 0.25) is 5.88 Å². The number of alkyl halides is 2. The summed E-state index contributed by atoms with van der Waals surface area (Å²) >= 11 is 0. The molecule has 0 aromatic carbocycles. The van der Waals surface area contributed by atoms with Crippen LogP contribution in [-0.4, -0.2) is 50.2 Å². The van der Waals surface area contributed by atoms with Gasteiger partial charge in [-0.15, -0.1) is 0 Å². The number of aromatic nitrogens is 1. The third-order valence-corrected chi connectivity index (χ3v) is 6.50. The lowest BCUT2D eigenvalue weighted by molar-refractivity contribution is -0.0528. The first-order chi connectivity index (χ1) is 10.9. The molecule has 1 aromatic heterocycles. The molecule has 2 heterocycles. The van der Waals surface area contributed by atoms with Crippen LogP contribution in [0.1, 0.15) is 37.0 Å². The van der Waals surface area contributed by atoms with E-state index in [1.807, 2.05) is 13.8 Å². The minimum Gasteiger partial charge on any atom is -0.417 e. The lowest BCUT2D eigenvalue weighted by Crippen LogP contribution is -2.54. The average molecular weight is 346 g/mol. The van der Waals surface area contributed by atoms with Gasteiger partial charge in [0.1, 0.15) is 0 Å². The molecule has 0 radical (unpaired) electrons. The zero-order chi connectivity index (χ0) is 17.0. The number of pyridine rings is 1. The normalized spacial score (nSPS) is 20.6. The fourth-order valence-electron chi connectivity index (χ4n) is 2.73. The third kappa shape index (κ3) is 3.85. The second kappa shape index (κ2) is 7.33. The number of ether oxygens (including phenoxy) is 1. The van der Waals surface area contributed by atoms with Crippen LogP contribution in [-0.2, 0) is 10.8 Å². The van der Waals surface area contributed by atoms with Gasteiger partial charge in [0, 0.05) is 41.9 Å². The van der Waals surface area contributed by atoms with Crippen LogP contribution in [0.5, 0.6) is 5.88 Å². The Balaban J connectivity index is 2.12. The topological polar surface area (TPSA) is 59.5 Å². The number of hydrogen-bond acceptors (Lipinski definition) is 4. The molecule has 1 aromatic rings. The lowest BCUT2D eigenvalue weighted by Gasteiger charge is -2.41. The molecule has 0 N–H and O–H groups in total. The maximum atomic E-state index is 12.6. The molecule has 1 amide bonds. The van der Waals surface area contributed by atoms with E-state index in [0.29, 0.717) is 24.4 Å². The summed E-state index contributed by atoms with van der Waals surface area (Å²) in [6.45, 7) is 1.86. The molecule has 0 bridgehead atoms. The first-order valence-electron chi connectivity index (χ1n) is 7.50. The largest absolute Gasteiger partial charge is 0.417 e. The van der Waals surface area contributed by atoms with Crippen LogP contribution in [0.3, 0.4) is 0 Å². The maximum Gasteiger partial charge on any atom is 0.388 e. The van der Waals surface area contributed by atoms with Gasteiger partial charge in [-0.3, -0.25) is 9.00 Å². The van der Waals surface area contributed by atoms with Gasteiger partial charge in [0.05, 0.1) is 10.3 Å². The zero-order valence-electron chi connectivity index (χ0n) is 13.1. The Labute approximate surface area is 136 Å². The number of amides is 1. The number of nitrogens with zero attached hydrogens (tertiary/aromatic N) is 2. The zero-order valence-corrected chi connectivity index (χ0v) is 13.9. The predicted octanol–water partition coefficient (Wildman–Crippen LogP) is 2.45. The second-order valence-electron chi connectivity index (χ2n) is 5.43. The first kappa shape index (κ1) is 17.8. The van der Waals surface area contributed by atoms with E-state index in [-0.39, 0.29) is 16.5 Å². The van der Waals surface area contributed by atoms with Crippen molar-refractivity contribution >= 4 is 16.7 Å². The Morgan fingerprint density at radius 3 is 2.65 bits per heavy atom. The quantitative estimate of drug-likeness (QED) is 0.822. The van der Waals surface area contributed by atoms with E-state index in [1.165, 1.54) is 18.3 Å². The highest BCUT2D eigenvalue weighted by molar-refractivity contribution is 7.86. The molecular formula is C15H20F2N2O3S. The van der Waals surface area contributed by atoms with Gasteiger partial charge in [-0.2, -0.15) is 8.78 Å². The van der Waals surface area contributed by atoms with E-state index >= 15 is 0 Å². The number of hydrogen-bond donors (Lipinski definition) is 0. The first-order valence-corrected chi connectivity index (χ1v) is 8.82. The number of rotatable bonds is 5. The standard InChI is InChI=1S/C15H20F2N2O3S/c1-3-15(4-2)10-19(7-8-23(15)21)13(20)11-5-6-12(18-9-11)22-14(16)17/h5-6,9,14H,3-4,7-8,10H2,1-2H3. The Morgan fingerprint density at radius 1 is 1.43 bits per heavy atom. The molecule has 1 saturated heterocycles. The molecule has 0 spiro atoms. The molecule has 1 aliphatic heterocycles. The van der Waals surface area contributed by atoms with E-state index in [9.17, 15) is 17.8 Å². The fraction of sp³-hybridized carbons (Fsp3) is 0.600. The summed E-state index contributed by atoms with van der Waals surface area (Å²) in [5.74, 6) is -0.00945. The minimum absolute atomic E-state index is 0.229. The third-order valence-electron chi connectivity index (χ3n) is 4.28. The van der Waals surface area contributed by atoms with E-state index in [1.54, 1.807) is 4.90 Å². The number of carbonyl (C=O) groups is 1.